The average Bonchev–Trinajstić information content (AvgIpc) is 2.75. The highest BCUT2D eigenvalue weighted by atomic mass is 79.9. The van der Waals surface area contributed by atoms with Crippen LogP contribution in [-0.4, -0.2) is 22.9 Å². The van der Waals surface area contributed by atoms with Crippen molar-refractivity contribution in [3.63, 3.8) is 0 Å². The van der Waals surface area contributed by atoms with Crippen molar-refractivity contribution in [1.29, 1.82) is 0 Å². The molecule has 0 spiro atoms. The van der Waals surface area contributed by atoms with Crippen LogP contribution in [0, 0.1) is 13.8 Å². The molecule has 1 aromatic heterocycles. The Morgan fingerprint density at radius 3 is 2.67 bits per heavy atom. The quantitative estimate of drug-likeness (QED) is 0.759. The van der Waals surface area contributed by atoms with Crippen molar-refractivity contribution in [2.45, 2.75) is 40.0 Å². The zero-order valence-electron chi connectivity index (χ0n) is 13.1. The first-order valence-corrected chi connectivity index (χ1v) is 8.45. The highest BCUT2D eigenvalue weighted by molar-refractivity contribution is 9.10. The number of hydrogen-bond donors (Lipinski definition) is 1. The van der Waals surface area contributed by atoms with Gasteiger partial charge in [0, 0.05) is 10.2 Å². The third-order valence-electron chi connectivity index (χ3n) is 3.73. The first-order valence-electron chi connectivity index (χ1n) is 7.65. The van der Waals surface area contributed by atoms with Crippen LogP contribution >= 0.6 is 15.9 Å². The van der Waals surface area contributed by atoms with Crippen molar-refractivity contribution in [3.05, 3.63) is 45.7 Å². The minimum Gasteiger partial charge on any atom is -0.317 e. The molecule has 114 valence electrons. The number of nitrogens with zero attached hydrogens (tertiary/aromatic N) is 2. The molecule has 0 amide bonds. The SMILES string of the molecule is CCCNCCCc1c(C)nn(-c2ccccc2Br)c1C. The molecule has 0 atom stereocenters. The second-order valence-electron chi connectivity index (χ2n) is 5.37. The van der Waals surface area contributed by atoms with E-state index in [-0.39, 0.29) is 0 Å². The molecule has 21 heavy (non-hydrogen) atoms. The van der Waals surface area contributed by atoms with E-state index in [0.717, 1.165) is 41.8 Å². The van der Waals surface area contributed by atoms with Crippen LogP contribution in [0.15, 0.2) is 28.7 Å². The third-order valence-corrected chi connectivity index (χ3v) is 4.40. The predicted molar refractivity (Wildman–Crippen MR) is 92.2 cm³/mol. The van der Waals surface area contributed by atoms with Gasteiger partial charge in [-0.1, -0.05) is 19.1 Å². The summed E-state index contributed by atoms with van der Waals surface area (Å²) in [6, 6.07) is 8.22. The predicted octanol–water partition coefficient (Wildman–Crippen LogP) is 4.18. The van der Waals surface area contributed by atoms with E-state index in [1.807, 2.05) is 16.8 Å². The zero-order valence-corrected chi connectivity index (χ0v) is 14.7. The van der Waals surface area contributed by atoms with Crippen LogP contribution in [0.2, 0.25) is 0 Å². The standard InChI is InChI=1S/C17H24BrN3/c1-4-11-19-12-7-8-15-13(2)20-21(14(15)3)17-10-6-5-9-16(17)18/h5-6,9-10,19H,4,7-8,11-12H2,1-3H3. The van der Waals surface area contributed by atoms with Gasteiger partial charge in [0.15, 0.2) is 0 Å². The fourth-order valence-corrected chi connectivity index (χ4v) is 3.04. The molecule has 0 saturated heterocycles. The maximum atomic E-state index is 4.72. The van der Waals surface area contributed by atoms with Gasteiger partial charge in [0.25, 0.3) is 0 Å². The molecule has 2 rings (SSSR count). The lowest BCUT2D eigenvalue weighted by atomic mass is 10.1. The molecule has 0 aliphatic carbocycles. The summed E-state index contributed by atoms with van der Waals surface area (Å²) >= 11 is 3.61. The number of aromatic nitrogens is 2. The van der Waals surface area contributed by atoms with E-state index in [9.17, 15) is 0 Å². The van der Waals surface area contributed by atoms with Crippen LogP contribution in [0.5, 0.6) is 0 Å². The topological polar surface area (TPSA) is 29.9 Å². The summed E-state index contributed by atoms with van der Waals surface area (Å²) in [6.07, 6.45) is 3.43. The Hall–Kier alpha value is -1.13. The lowest BCUT2D eigenvalue weighted by Gasteiger charge is -2.08. The molecule has 0 fully saturated rings. The van der Waals surface area contributed by atoms with Gasteiger partial charge < -0.3 is 5.32 Å². The number of nitrogens with one attached hydrogen (secondary N) is 1. The van der Waals surface area contributed by atoms with E-state index in [4.69, 9.17) is 5.10 Å². The lowest BCUT2D eigenvalue weighted by Crippen LogP contribution is -2.16. The van der Waals surface area contributed by atoms with Gasteiger partial charge in [-0.3, -0.25) is 0 Å². The minimum atomic E-state index is 1.08. The lowest BCUT2D eigenvalue weighted by molar-refractivity contribution is 0.638. The van der Waals surface area contributed by atoms with Crippen molar-refractivity contribution >= 4 is 15.9 Å². The maximum absolute atomic E-state index is 4.72. The Labute approximate surface area is 135 Å². The smallest absolute Gasteiger partial charge is 0.0790 e. The van der Waals surface area contributed by atoms with E-state index in [1.165, 1.54) is 17.7 Å². The number of benzene rings is 1. The van der Waals surface area contributed by atoms with Gasteiger partial charge in [0.1, 0.15) is 0 Å². The second-order valence-corrected chi connectivity index (χ2v) is 6.22. The van der Waals surface area contributed by atoms with Crippen molar-refractivity contribution in [2.24, 2.45) is 0 Å². The van der Waals surface area contributed by atoms with E-state index < -0.39 is 0 Å². The molecule has 0 bridgehead atoms. The fourth-order valence-electron chi connectivity index (χ4n) is 2.59. The van der Waals surface area contributed by atoms with Crippen molar-refractivity contribution in [2.75, 3.05) is 13.1 Å². The Bertz CT molecular complexity index is 590. The molecule has 4 heteroatoms. The number of aryl methyl sites for hydroxylation is 1. The number of hydrogen-bond acceptors (Lipinski definition) is 2. The van der Waals surface area contributed by atoms with E-state index in [2.05, 4.69) is 54.2 Å². The molecule has 0 aliphatic heterocycles. The van der Waals surface area contributed by atoms with Gasteiger partial charge in [0.05, 0.1) is 11.4 Å². The molecule has 0 saturated carbocycles. The molecule has 2 aromatic rings. The van der Waals surface area contributed by atoms with Gasteiger partial charge in [-0.2, -0.15) is 5.10 Å². The van der Waals surface area contributed by atoms with Crippen molar-refractivity contribution < 1.29 is 0 Å². The summed E-state index contributed by atoms with van der Waals surface area (Å²) in [5.74, 6) is 0. The zero-order chi connectivity index (χ0) is 15.2. The molecule has 1 N–H and O–H groups in total. The first-order chi connectivity index (χ1) is 10.1. The summed E-state index contributed by atoms with van der Waals surface area (Å²) in [6.45, 7) is 8.65. The summed E-state index contributed by atoms with van der Waals surface area (Å²) < 4.78 is 3.13. The number of para-hydroxylation sites is 1. The van der Waals surface area contributed by atoms with Crippen molar-refractivity contribution in [1.82, 2.24) is 15.1 Å². The molecule has 1 heterocycles. The minimum absolute atomic E-state index is 1.08. The molecular weight excluding hydrogens is 326 g/mol. The Morgan fingerprint density at radius 2 is 1.95 bits per heavy atom. The normalized spacial score (nSPS) is 11.0. The van der Waals surface area contributed by atoms with Crippen LogP contribution < -0.4 is 5.32 Å². The molecule has 3 nitrogen and oxygen atoms in total. The van der Waals surface area contributed by atoms with Crippen LogP contribution in [-0.2, 0) is 6.42 Å². The molecule has 0 unspecified atom stereocenters. The number of rotatable bonds is 7. The van der Waals surface area contributed by atoms with E-state index in [1.54, 1.807) is 0 Å². The summed E-state index contributed by atoms with van der Waals surface area (Å²) in [7, 11) is 0. The van der Waals surface area contributed by atoms with Gasteiger partial charge >= 0.3 is 0 Å². The van der Waals surface area contributed by atoms with E-state index in [0.29, 0.717) is 0 Å². The average molecular weight is 350 g/mol. The highest BCUT2D eigenvalue weighted by Gasteiger charge is 2.13. The van der Waals surface area contributed by atoms with E-state index >= 15 is 0 Å². The second kappa shape index (κ2) is 7.76. The Kier molecular flexibility index (Phi) is 6.00. The Morgan fingerprint density at radius 1 is 1.19 bits per heavy atom. The maximum Gasteiger partial charge on any atom is 0.0790 e. The van der Waals surface area contributed by atoms with Crippen LogP contribution in [0.4, 0.5) is 0 Å². The van der Waals surface area contributed by atoms with Crippen LogP contribution in [0.25, 0.3) is 5.69 Å². The third kappa shape index (κ3) is 3.95. The van der Waals surface area contributed by atoms with Gasteiger partial charge in [-0.25, -0.2) is 4.68 Å². The first kappa shape index (κ1) is 16.2. The molecule has 0 aliphatic rings. The van der Waals surface area contributed by atoms with Gasteiger partial charge in [-0.15, -0.1) is 0 Å². The summed E-state index contributed by atoms with van der Waals surface area (Å²) in [5.41, 5.74) is 4.87. The van der Waals surface area contributed by atoms with Crippen LogP contribution in [0.3, 0.4) is 0 Å². The fraction of sp³-hybridized carbons (Fsp3) is 0.471. The highest BCUT2D eigenvalue weighted by Crippen LogP contribution is 2.24. The van der Waals surface area contributed by atoms with Crippen molar-refractivity contribution in [3.8, 4) is 5.69 Å². The molecule has 1 aromatic carbocycles. The van der Waals surface area contributed by atoms with Gasteiger partial charge in [-0.05, 0) is 79.8 Å². The number of halogens is 1. The monoisotopic (exact) mass is 349 g/mol. The Balaban J connectivity index is 2.13. The largest absolute Gasteiger partial charge is 0.317 e. The van der Waals surface area contributed by atoms with Crippen LogP contribution in [0.1, 0.15) is 36.7 Å². The molecular formula is C17H24BrN3. The summed E-state index contributed by atoms with van der Waals surface area (Å²) in [4.78, 5) is 0. The van der Waals surface area contributed by atoms with Gasteiger partial charge in [0.2, 0.25) is 0 Å². The summed E-state index contributed by atoms with van der Waals surface area (Å²) in [5, 5.41) is 8.18. The molecule has 0 radical (unpaired) electrons.